The first-order valence-electron chi connectivity index (χ1n) is 6.47. The van der Waals surface area contributed by atoms with E-state index >= 15 is 0 Å². The van der Waals surface area contributed by atoms with Gasteiger partial charge >= 0.3 is 0 Å². The lowest BCUT2D eigenvalue weighted by Crippen LogP contribution is -2.63. The highest BCUT2D eigenvalue weighted by atomic mass is 35.5. The average Bonchev–Trinajstić information content (AvgIpc) is 2.66. The molecule has 1 saturated carbocycles. The van der Waals surface area contributed by atoms with Crippen LogP contribution in [-0.4, -0.2) is 36.1 Å². The van der Waals surface area contributed by atoms with E-state index in [2.05, 4.69) is 23.7 Å². The first-order valence-corrected chi connectivity index (χ1v) is 6.85. The van der Waals surface area contributed by atoms with Gasteiger partial charge in [-0.1, -0.05) is 37.9 Å². The fourth-order valence-electron chi connectivity index (χ4n) is 3.23. The summed E-state index contributed by atoms with van der Waals surface area (Å²) in [5, 5.41) is 4.56. The summed E-state index contributed by atoms with van der Waals surface area (Å²) in [4.78, 5) is 2.52. The van der Waals surface area contributed by atoms with Crippen LogP contribution < -0.4 is 5.32 Å². The van der Waals surface area contributed by atoms with Crippen molar-refractivity contribution in [2.24, 2.45) is 0 Å². The minimum Gasteiger partial charge on any atom is -0.308 e. The SMILES string of the molecule is C=C(Cl)CN1CC2(CCCC2)NCC1CC. The van der Waals surface area contributed by atoms with Crippen molar-refractivity contribution in [2.75, 3.05) is 19.6 Å². The summed E-state index contributed by atoms with van der Waals surface area (Å²) in [5.74, 6) is 0. The Kier molecular flexibility index (Phi) is 3.93. The Morgan fingerprint density at radius 1 is 1.50 bits per heavy atom. The molecule has 0 aromatic rings. The van der Waals surface area contributed by atoms with Crippen LogP contribution in [0, 0.1) is 0 Å². The van der Waals surface area contributed by atoms with E-state index in [1.807, 2.05) is 0 Å². The van der Waals surface area contributed by atoms with E-state index < -0.39 is 0 Å². The van der Waals surface area contributed by atoms with Gasteiger partial charge in [0.1, 0.15) is 0 Å². The fraction of sp³-hybridized carbons (Fsp3) is 0.846. The minimum absolute atomic E-state index is 0.387. The lowest BCUT2D eigenvalue weighted by atomic mass is 9.91. The monoisotopic (exact) mass is 242 g/mol. The zero-order valence-corrected chi connectivity index (χ0v) is 11.0. The first-order chi connectivity index (χ1) is 7.65. The predicted octanol–water partition coefficient (Wildman–Crippen LogP) is 2.74. The summed E-state index contributed by atoms with van der Waals surface area (Å²) in [7, 11) is 0. The quantitative estimate of drug-likeness (QED) is 0.819. The van der Waals surface area contributed by atoms with E-state index in [0.717, 1.165) is 24.7 Å². The smallest absolute Gasteiger partial charge is 0.0339 e. The molecule has 2 aliphatic rings. The molecule has 1 aliphatic heterocycles. The standard InChI is InChI=1S/C13H23ClN2/c1-3-12-8-15-13(6-4-5-7-13)10-16(12)9-11(2)14/h12,15H,2-10H2,1H3. The number of rotatable bonds is 3. The van der Waals surface area contributed by atoms with Gasteiger partial charge in [0.2, 0.25) is 0 Å². The van der Waals surface area contributed by atoms with Gasteiger partial charge < -0.3 is 5.32 Å². The van der Waals surface area contributed by atoms with Crippen molar-refractivity contribution < 1.29 is 0 Å². The summed E-state index contributed by atoms with van der Waals surface area (Å²) in [6.45, 7) is 9.20. The molecule has 1 N–H and O–H groups in total. The van der Waals surface area contributed by atoms with Crippen LogP contribution in [0.2, 0.25) is 0 Å². The van der Waals surface area contributed by atoms with Gasteiger partial charge in [0.25, 0.3) is 0 Å². The molecular weight excluding hydrogens is 220 g/mol. The third-order valence-electron chi connectivity index (χ3n) is 4.14. The van der Waals surface area contributed by atoms with Gasteiger partial charge in [0.15, 0.2) is 0 Å². The average molecular weight is 243 g/mol. The second kappa shape index (κ2) is 5.07. The molecule has 2 fully saturated rings. The van der Waals surface area contributed by atoms with Gasteiger partial charge in [-0.25, -0.2) is 0 Å². The van der Waals surface area contributed by atoms with E-state index in [4.69, 9.17) is 11.6 Å². The Morgan fingerprint density at radius 3 is 2.75 bits per heavy atom. The van der Waals surface area contributed by atoms with Crippen LogP contribution in [0.15, 0.2) is 11.6 Å². The number of hydrogen-bond acceptors (Lipinski definition) is 2. The summed E-state index contributed by atoms with van der Waals surface area (Å²) in [5.41, 5.74) is 0.387. The van der Waals surface area contributed by atoms with Crippen molar-refractivity contribution in [1.82, 2.24) is 10.2 Å². The van der Waals surface area contributed by atoms with Crippen LogP contribution in [0.5, 0.6) is 0 Å². The van der Waals surface area contributed by atoms with Crippen LogP contribution in [0.4, 0.5) is 0 Å². The van der Waals surface area contributed by atoms with Crippen LogP contribution in [0.3, 0.4) is 0 Å². The van der Waals surface area contributed by atoms with Gasteiger partial charge in [0.05, 0.1) is 0 Å². The highest BCUT2D eigenvalue weighted by molar-refractivity contribution is 6.29. The van der Waals surface area contributed by atoms with Crippen molar-refractivity contribution in [3.05, 3.63) is 11.6 Å². The Hall–Kier alpha value is -0.0500. The maximum absolute atomic E-state index is 5.97. The maximum atomic E-state index is 5.97. The lowest BCUT2D eigenvalue weighted by Gasteiger charge is -2.46. The first kappa shape index (κ1) is 12.4. The zero-order valence-electron chi connectivity index (χ0n) is 10.3. The second-order valence-corrected chi connectivity index (χ2v) is 5.89. The van der Waals surface area contributed by atoms with Crippen LogP contribution >= 0.6 is 11.6 Å². The molecule has 0 aromatic carbocycles. The molecular formula is C13H23ClN2. The van der Waals surface area contributed by atoms with Crippen molar-refractivity contribution in [1.29, 1.82) is 0 Å². The van der Waals surface area contributed by atoms with E-state index in [9.17, 15) is 0 Å². The largest absolute Gasteiger partial charge is 0.308 e. The predicted molar refractivity (Wildman–Crippen MR) is 69.8 cm³/mol. The molecule has 3 heteroatoms. The summed E-state index contributed by atoms with van der Waals surface area (Å²) in [6, 6.07) is 0.627. The fourth-order valence-corrected chi connectivity index (χ4v) is 3.39. The molecule has 0 radical (unpaired) electrons. The molecule has 1 atom stereocenters. The van der Waals surface area contributed by atoms with Gasteiger partial charge in [-0.05, 0) is 19.3 Å². The molecule has 92 valence electrons. The third kappa shape index (κ3) is 2.61. The Labute approximate surface area is 104 Å². The molecule has 0 aromatic heterocycles. The summed E-state index contributed by atoms with van der Waals surface area (Å²) in [6.07, 6.45) is 6.59. The number of halogens is 1. The molecule has 0 bridgehead atoms. The van der Waals surface area contributed by atoms with Crippen LogP contribution in [0.1, 0.15) is 39.0 Å². The molecule has 1 spiro atoms. The van der Waals surface area contributed by atoms with Crippen molar-refractivity contribution in [3.63, 3.8) is 0 Å². The van der Waals surface area contributed by atoms with Gasteiger partial charge in [0, 0.05) is 36.2 Å². The van der Waals surface area contributed by atoms with Gasteiger partial charge in [-0.15, -0.1) is 0 Å². The van der Waals surface area contributed by atoms with Crippen molar-refractivity contribution in [3.8, 4) is 0 Å². The third-order valence-corrected chi connectivity index (χ3v) is 4.26. The molecule has 1 aliphatic carbocycles. The lowest BCUT2D eigenvalue weighted by molar-refractivity contribution is 0.0885. The Morgan fingerprint density at radius 2 is 2.19 bits per heavy atom. The molecule has 2 nitrogen and oxygen atoms in total. The van der Waals surface area contributed by atoms with Gasteiger partial charge in [-0.2, -0.15) is 0 Å². The van der Waals surface area contributed by atoms with E-state index in [-0.39, 0.29) is 0 Å². The molecule has 1 saturated heterocycles. The molecule has 1 heterocycles. The minimum atomic E-state index is 0.387. The molecule has 0 amide bonds. The molecule has 1 unspecified atom stereocenters. The second-order valence-electron chi connectivity index (χ2n) is 5.35. The highest BCUT2D eigenvalue weighted by Gasteiger charge is 2.40. The Bertz CT molecular complexity index is 259. The number of hydrogen-bond donors (Lipinski definition) is 1. The van der Waals surface area contributed by atoms with E-state index in [0.29, 0.717) is 11.6 Å². The molecule has 2 rings (SSSR count). The van der Waals surface area contributed by atoms with Crippen LogP contribution in [0.25, 0.3) is 0 Å². The van der Waals surface area contributed by atoms with Crippen molar-refractivity contribution in [2.45, 2.75) is 50.6 Å². The summed E-state index contributed by atoms with van der Waals surface area (Å²) < 4.78 is 0. The number of nitrogens with one attached hydrogen (secondary N) is 1. The molecule has 16 heavy (non-hydrogen) atoms. The number of piperazine rings is 1. The van der Waals surface area contributed by atoms with Gasteiger partial charge in [-0.3, -0.25) is 4.90 Å². The summed E-state index contributed by atoms with van der Waals surface area (Å²) >= 11 is 5.97. The number of nitrogens with zero attached hydrogens (tertiary/aromatic N) is 1. The van der Waals surface area contributed by atoms with E-state index in [1.54, 1.807) is 0 Å². The van der Waals surface area contributed by atoms with Crippen LogP contribution in [-0.2, 0) is 0 Å². The Balaban J connectivity index is 2.02. The maximum Gasteiger partial charge on any atom is 0.0339 e. The zero-order chi connectivity index (χ0) is 11.6. The highest BCUT2D eigenvalue weighted by Crippen LogP contribution is 2.33. The van der Waals surface area contributed by atoms with Crippen molar-refractivity contribution >= 4 is 11.6 Å². The normalized spacial score (nSPS) is 29.8. The van der Waals surface area contributed by atoms with E-state index in [1.165, 1.54) is 32.1 Å². The topological polar surface area (TPSA) is 15.3 Å².